The van der Waals surface area contributed by atoms with E-state index in [-0.39, 0.29) is 29.4 Å². The van der Waals surface area contributed by atoms with Gasteiger partial charge in [-0.15, -0.1) is 0 Å². The van der Waals surface area contributed by atoms with Crippen molar-refractivity contribution in [3.05, 3.63) is 47.5 Å². The Hall–Kier alpha value is -2.37. The molecule has 1 N–H and O–H groups in total. The van der Waals surface area contributed by atoms with Crippen molar-refractivity contribution in [1.82, 2.24) is 10.5 Å². The first-order valence-electron chi connectivity index (χ1n) is 6.83. The monoisotopic (exact) mass is 290 g/mol. The highest BCUT2D eigenvalue weighted by atomic mass is 19.1. The molecule has 110 valence electrons. The van der Waals surface area contributed by atoms with Crippen LogP contribution in [0.3, 0.4) is 0 Å². The molecular formula is C15H15FN2O3. The highest BCUT2D eigenvalue weighted by Gasteiger charge is 2.40. The molecule has 6 heteroatoms. The second-order valence-electron chi connectivity index (χ2n) is 4.94. The maximum atomic E-state index is 13.2. The molecular weight excluding hydrogens is 275 g/mol. The van der Waals surface area contributed by atoms with Crippen molar-refractivity contribution in [3.8, 4) is 5.88 Å². The number of hydrogen-bond donors (Lipinski definition) is 1. The predicted molar refractivity (Wildman–Crippen MR) is 72.7 cm³/mol. The Morgan fingerprint density at radius 3 is 3.14 bits per heavy atom. The maximum Gasteiger partial charge on any atom is 0.290 e. The Balaban J connectivity index is 1.59. The number of benzene rings is 1. The first kappa shape index (κ1) is 13.6. The summed E-state index contributed by atoms with van der Waals surface area (Å²) in [6, 6.07) is 7.90. The number of carbonyl (C=O) groups is 1. The zero-order valence-corrected chi connectivity index (χ0v) is 11.5. The summed E-state index contributed by atoms with van der Waals surface area (Å²) < 4.78 is 23.2. The van der Waals surface area contributed by atoms with Crippen molar-refractivity contribution in [2.75, 3.05) is 6.61 Å². The molecule has 1 heterocycles. The van der Waals surface area contributed by atoms with Crippen LogP contribution in [0, 0.1) is 5.82 Å². The van der Waals surface area contributed by atoms with E-state index in [2.05, 4.69) is 10.5 Å². The van der Waals surface area contributed by atoms with Crippen LogP contribution in [-0.2, 0) is 0 Å². The van der Waals surface area contributed by atoms with Crippen LogP contribution in [0.25, 0.3) is 0 Å². The van der Waals surface area contributed by atoms with E-state index in [1.54, 1.807) is 6.07 Å². The standard InChI is InChI=1S/C15H15FN2O3/c1-2-20-14-8-13(21-18-14)15(19)17-12-7-11(12)9-4-3-5-10(16)6-9/h3-6,8,11-12H,2,7H2,1H3,(H,17,19)/t11-,12+/m0/s1. The molecule has 1 aliphatic carbocycles. The first-order valence-corrected chi connectivity index (χ1v) is 6.83. The van der Waals surface area contributed by atoms with Crippen molar-refractivity contribution in [2.45, 2.75) is 25.3 Å². The average Bonchev–Trinajstić information content (AvgIpc) is 3.06. The second kappa shape index (κ2) is 5.55. The zero-order valence-electron chi connectivity index (χ0n) is 11.5. The number of halogens is 1. The van der Waals surface area contributed by atoms with Crippen LogP contribution in [0.5, 0.6) is 5.88 Å². The summed E-state index contributed by atoms with van der Waals surface area (Å²) in [6.45, 7) is 2.28. The number of nitrogens with zero attached hydrogens (tertiary/aromatic N) is 1. The van der Waals surface area contributed by atoms with Gasteiger partial charge >= 0.3 is 0 Å². The quantitative estimate of drug-likeness (QED) is 0.919. The van der Waals surface area contributed by atoms with Gasteiger partial charge in [0, 0.05) is 12.0 Å². The minimum Gasteiger partial charge on any atom is -0.476 e. The Kier molecular flexibility index (Phi) is 3.60. The van der Waals surface area contributed by atoms with Crippen molar-refractivity contribution >= 4 is 5.91 Å². The van der Waals surface area contributed by atoms with Gasteiger partial charge in [0.2, 0.25) is 5.76 Å². The Labute approximate surface area is 121 Å². The lowest BCUT2D eigenvalue weighted by molar-refractivity contribution is 0.0913. The zero-order chi connectivity index (χ0) is 14.8. The van der Waals surface area contributed by atoms with E-state index in [0.29, 0.717) is 12.5 Å². The van der Waals surface area contributed by atoms with Crippen molar-refractivity contribution < 1.29 is 18.4 Å². The number of rotatable bonds is 5. The fraction of sp³-hybridized carbons (Fsp3) is 0.333. The van der Waals surface area contributed by atoms with Gasteiger partial charge in [-0.05, 0) is 36.2 Å². The van der Waals surface area contributed by atoms with Crippen molar-refractivity contribution in [3.63, 3.8) is 0 Å². The lowest BCUT2D eigenvalue weighted by Crippen LogP contribution is -2.26. The number of hydrogen-bond acceptors (Lipinski definition) is 4. The Morgan fingerprint density at radius 2 is 2.38 bits per heavy atom. The number of ether oxygens (including phenoxy) is 1. The number of carbonyl (C=O) groups excluding carboxylic acids is 1. The molecule has 1 saturated carbocycles. The van der Waals surface area contributed by atoms with Gasteiger partial charge in [-0.2, -0.15) is 0 Å². The summed E-state index contributed by atoms with van der Waals surface area (Å²) in [6.07, 6.45) is 0.793. The van der Waals surface area contributed by atoms with Crippen LogP contribution >= 0.6 is 0 Å². The van der Waals surface area contributed by atoms with Gasteiger partial charge in [0.25, 0.3) is 11.8 Å². The van der Waals surface area contributed by atoms with Gasteiger partial charge in [0.05, 0.1) is 12.7 Å². The molecule has 1 aliphatic rings. The molecule has 0 saturated heterocycles. The lowest BCUT2D eigenvalue weighted by Gasteiger charge is -2.02. The summed E-state index contributed by atoms with van der Waals surface area (Å²) in [7, 11) is 0. The highest BCUT2D eigenvalue weighted by molar-refractivity contribution is 5.92. The van der Waals surface area contributed by atoms with E-state index in [9.17, 15) is 9.18 Å². The molecule has 0 bridgehead atoms. The van der Waals surface area contributed by atoms with Gasteiger partial charge in [-0.3, -0.25) is 4.79 Å². The lowest BCUT2D eigenvalue weighted by atomic mass is 10.1. The third kappa shape index (κ3) is 3.04. The van der Waals surface area contributed by atoms with E-state index in [4.69, 9.17) is 9.26 Å². The molecule has 5 nitrogen and oxygen atoms in total. The van der Waals surface area contributed by atoms with E-state index in [1.165, 1.54) is 18.2 Å². The molecule has 21 heavy (non-hydrogen) atoms. The fourth-order valence-electron chi connectivity index (χ4n) is 2.28. The normalized spacial score (nSPS) is 20.1. The minimum atomic E-state index is -0.336. The van der Waals surface area contributed by atoms with Gasteiger partial charge in [0.15, 0.2) is 0 Å². The molecule has 1 fully saturated rings. The van der Waals surface area contributed by atoms with E-state index in [0.717, 1.165) is 12.0 Å². The summed E-state index contributed by atoms with van der Waals surface area (Å²) in [5.74, 6) is -0.0409. The fourth-order valence-corrected chi connectivity index (χ4v) is 2.28. The van der Waals surface area contributed by atoms with Crippen LogP contribution in [0.2, 0.25) is 0 Å². The predicted octanol–water partition coefficient (Wildman–Crippen LogP) is 2.50. The van der Waals surface area contributed by atoms with Gasteiger partial charge in [-0.1, -0.05) is 12.1 Å². The number of amides is 1. The third-order valence-electron chi connectivity index (χ3n) is 3.39. The summed E-state index contributed by atoms with van der Waals surface area (Å²) in [5, 5.41) is 6.48. The van der Waals surface area contributed by atoms with E-state index < -0.39 is 0 Å². The first-order chi connectivity index (χ1) is 10.2. The van der Waals surface area contributed by atoms with Crippen LogP contribution in [-0.4, -0.2) is 23.7 Å². The van der Waals surface area contributed by atoms with Crippen LogP contribution in [0.15, 0.2) is 34.9 Å². The molecule has 1 aromatic heterocycles. The number of aromatic nitrogens is 1. The molecule has 1 aromatic carbocycles. The Morgan fingerprint density at radius 1 is 1.52 bits per heavy atom. The van der Waals surface area contributed by atoms with Gasteiger partial charge in [-0.25, -0.2) is 4.39 Å². The molecule has 2 atom stereocenters. The van der Waals surface area contributed by atoms with Crippen LogP contribution in [0.4, 0.5) is 4.39 Å². The average molecular weight is 290 g/mol. The topological polar surface area (TPSA) is 64.4 Å². The molecule has 0 radical (unpaired) electrons. The number of nitrogens with one attached hydrogen (secondary N) is 1. The molecule has 0 aliphatic heterocycles. The highest BCUT2D eigenvalue weighted by Crippen LogP contribution is 2.41. The van der Waals surface area contributed by atoms with Crippen molar-refractivity contribution in [2.24, 2.45) is 0 Å². The molecule has 1 amide bonds. The van der Waals surface area contributed by atoms with E-state index in [1.807, 2.05) is 13.0 Å². The molecule has 2 aromatic rings. The summed E-state index contributed by atoms with van der Waals surface area (Å²) >= 11 is 0. The maximum absolute atomic E-state index is 13.2. The molecule has 0 spiro atoms. The summed E-state index contributed by atoms with van der Waals surface area (Å²) in [5.41, 5.74) is 0.896. The minimum absolute atomic E-state index is 0.0000523. The largest absolute Gasteiger partial charge is 0.476 e. The van der Waals surface area contributed by atoms with E-state index >= 15 is 0 Å². The smallest absolute Gasteiger partial charge is 0.290 e. The van der Waals surface area contributed by atoms with Gasteiger partial charge in [0.1, 0.15) is 5.82 Å². The van der Waals surface area contributed by atoms with Crippen LogP contribution in [0.1, 0.15) is 35.4 Å². The SMILES string of the molecule is CCOc1cc(C(=O)N[C@@H]2C[C@H]2c2cccc(F)c2)on1. The Bertz CT molecular complexity index is 656. The third-order valence-corrected chi connectivity index (χ3v) is 3.39. The molecule has 0 unspecified atom stereocenters. The van der Waals surface area contributed by atoms with Crippen molar-refractivity contribution in [1.29, 1.82) is 0 Å². The second-order valence-corrected chi connectivity index (χ2v) is 4.94. The van der Waals surface area contributed by atoms with Gasteiger partial charge < -0.3 is 14.6 Å². The summed E-state index contributed by atoms with van der Waals surface area (Å²) in [4.78, 5) is 12.0. The molecule has 3 rings (SSSR count). The van der Waals surface area contributed by atoms with Crippen LogP contribution < -0.4 is 10.1 Å².